The fourth-order valence-corrected chi connectivity index (χ4v) is 6.14. The number of ether oxygens (including phenoxy) is 4. The Bertz CT molecular complexity index is 1940. The van der Waals surface area contributed by atoms with Gasteiger partial charge < -0.3 is 29.6 Å². The van der Waals surface area contributed by atoms with E-state index in [4.69, 9.17) is 18.9 Å². The van der Waals surface area contributed by atoms with E-state index in [9.17, 15) is 31.2 Å². The summed E-state index contributed by atoms with van der Waals surface area (Å²) in [4.78, 5) is 37.6. The first-order valence-electron chi connectivity index (χ1n) is 14.6. The van der Waals surface area contributed by atoms with Crippen molar-refractivity contribution in [3.8, 4) is 34.5 Å². The highest BCUT2D eigenvalue weighted by molar-refractivity contribution is 7.92. The molecule has 0 bridgehead atoms. The minimum Gasteiger partial charge on any atom is -0.496 e. The van der Waals surface area contributed by atoms with E-state index >= 15 is 0 Å². The highest BCUT2D eigenvalue weighted by Gasteiger charge is 2.31. The molecule has 4 N–H and O–H groups in total. The molecular formula is C33H34N4O11S2. The van der Waals surface area contributed by atoms with Crippen LogP contribution < -0.4 is 39.0 Å². The maximum Gasteiger partial charge on any atom is 0.229 e. The van der Waals surface area contributed by atoms with Gasteiger partial charge in [-0.2, -0.15) is 0 Å². The quantitative estimate of drug-likeness (QED) is 0.0859. The van der Waals surface area contributed by atoms with E-state index in [0.717, 1.165) is 12.5 Å². The molecule has 0 aromatic heterocycles. The maximum absolute atomic E-state index is 14.7. The van der Waals surface area contributed by atoms with E-state index in [2.05, 4.69) is 20.1 Å². The highest BCUT2D eigenvalue weighted by atomic mass is 32.2. The van der Waals surface area contributed by atoms with E-state index < -0.39 is 25.8 Å². The molecule has 0 saturated carbocycles. The number of anilines is 2. The normalized spacial score (nSPS) is 11.1. The van der Waals surface area contributed by atoms with Crippen molar-refractivity contribution in [1.29, 1.82) is 0 Å². The van der Waals surface area contributed by atoms with Crippen molar-refractivity contribution in [3.63, 3.8) is 0 Å². The van der Waals surface area contributed by atoms with Crippen LogP contribution in [0.1, 0.15) is 27.0 Å². The summed E-state index contributed by atoms with van der Waals surface area (Å²) < 4.78 is 78.4. The average molecular weight is 727 g/mol. The van der Waals surface area contributed by atoms with Gasteiger partial charge in [0.15, 0.2) is 11.5 Å². The number of sulfonamides is 2. The van der Waals surface area contributed by atoms with Crippen molar-refractivity contribution in [3.05, 3.63) is 95.1 Å². The number of amides is 2. The van der Waals surface area contributed by atoms with Crippen LogP contribution in [-0.4, -0.2) is 62.2 Å². The van der Waals surface area contributed by atoms with Gasteiger partial charge in [0.25, 0.3) is 0 Å². The molecule has 4 aromatic carbocycles. The smallest absolute Gasteiger partial charge is 0.229 e. The van der Waals surface area contributed by atoms with Crippen LogP contribution in [0.3, 0.4) is 0 Å². The van der Waals surface area contributed by atoms with Crippen molar-refractivity contribution < 1.29 is 50.2 Å². The molecule has 15 nitrogen and oxygen atoms in total. The van der Waals surface area contributed by atoms with Gasteiger partial charge in [-0.15, -0.1) is 0 Å². The summed E-state index contributed by atoms with van der Waals surface area (Å²) in [6, 6.07) is 19.2. The molecule has 0 radical (unpaired) electrons. The van der Waals surface area contributed by atoms with Crippen LogP contribution in [0.4, 0.5) is 11.4 Å². The van der Waals surface area contributed by atoms with Crippen molar-refractivity contribution in [2.75, 3.05) is 36.2 Å². The summed E-state index contributed by atoms with van der Waals surface area (Å²) in [5, 5.41) is 4.94. The topological polar surface area (TPSA) is 205 Å². The third-order valence-corrected chi connectivity index (χ3v) is 7.97. The first-order valence-corrected chi connectivity index (χ1v) is 18.4. The summed E-state index contributed by atoms with van der Waals surface area (Å²) >= 11 is 0. The minimum absolute atomic E-state index is 0.0414. The van der Waals surface area contributed by atoms with Crippen LogP contribution in [0.2, 0.25) is 0 Å². The van der Waals surface area contributed by atoms with Gasteiger partial charge in [-0.1, -0.05) is 36.4 Å². The van der Waals surface area contributed by atoms with Gasteiger partial charge in [-0.3, -0.25) is 23.8 Å². The standard InChI is InChI=1S/C33H34N4O11S2/c1-45-32-23(15-27(47-21-11-7-5-8-12-21)29(36-49(3,41)42)25(32)17-34-19-38)31(40)24-16-28(48-22-13-9-6-10-14-22)30(37-50(4,43)44)26(18-35-20-39)33(24)46-2/h5-16,19-20,36-37H,17-18H2,1-4H3,(H,34,38)(H,35,39). The van der Waals surface area contributed by atoms with Crippen LogP contribution in [0.15, 0.2) is 72.8 Å². The lowest BCUT2D eigenvalue weighted by Crippen LogP contribution is -2.20. The molecule has 0 aliphatic heterocycles. The first-order chi connectivity index (χ1) is 23.8. The molecule has 4 aromatic rings. The zero-order valence-electron chi connectivity index (χ0n) is 27.3. The molecule has 264 valence electrons. The largest absolute Gasteiger partial charge is 0.496 e. The predicted octanol–water partition coefficient (Wildman–Crippen LogP) is 3.75. The van der Waals surface area contributed by atoms with Crippen LogP contribution in [0.5, 0.6) is 34.5 Å². The van der Waals surface area contributed by atoms with Crippen LogP contribution >= 0.6 is 0 Å². The summed E-state index contributed by atoms with van der Waals surface area (Å²) in [7, 11) is -5.39. The first kappa shape index (κ1) is 37.0. The Hall–Kier alpha value is -5.81. The average Bonchev–Trinajstić information content (AvgIpc) is 3.07. The van der Waals surface area contributed by atoms with E-state index in [-0.39, 0.29) is 81.2 Å². The number of carbonyl (C=O) groups excluding carboxylic acids is 3. The van der Waals surface area contributed by atoms with Crippen LogP contribution in [0, 0.1) is 0 Å². The number of nitrogens with one attached hydrogen (secondary N) is 4. The van der Waals surface area contributed by atoms with E-state index in [1.54, 1.807) is 60.7 Å². The number of rotatable bonds is 18. The Labute approximate surface area is 289 Å². The molecule has 17 heteroatoms. The van der Waals surface area contributed by atoms with Gasteiger partial charge in [0, 0.05) is 24.2 Å². The van der Waals surface area contributed by atoms with Crippen LogP contribution in [0.25, 0.3) is 0 Å². The molecule has 0 heterocycles. The van der Waals surface area contributed by atoms with Crippen molar-refractivity contribution in [2.24, 2.45) is 0 Å². The van der Waals surface area contributed by atoms with Gasteiger partial charge in [-0.25, -0.2) is 16.8 Å². The zero-order chi connectivity index (χ0) is 36.5. The number of benzene rings is 4. The van der Waals surface area contributed by atoms with Gasteiger partial charge in [0.1, 0.15) is 23.0 Å². The minimum atomic E-state index is -3.94. The number of methoxy groups -OCH3 is 2. The lowest BCUT2D eigenvalue weighted by Gasteiger charge is -2.23. The second kappa shape index (κ2) is 16.1. The molecular weight excluding hydrogens is 693 g/mol. The van der Waals surface area contributed by atoms with Crippen LogP contribution in [-0.2, 0) is 42.7 Å². The summed E-state index contributed by atoms with van der Waals surface area (Å²) in [6.45, 7) is -0.607. The monoisotopic (exact) mass is 726 g/mol. The zero-order valence-corrected chi connectivity index (χ0v) is 28.9. The molecule has 2 amide bonds. The Morgan fingerprint density at radius 2 is 1.00 bits per heavy atom. The second-order valence-corrected chi connectivity index (χ2v) is 14.0. The predicted molar refractivity (Wildman–Crippen MR) is 185 cm³/mol. The number of carbonyl (C=O) groups is 3. The van der Waals surface area contributed by atoms with E-state index in [1.165, 1.54) is 26.4 Å². The molecule has 0 saturated heterocycles. The van der Waals surface area contributed by atoms with Crippen molar-refractivity contribution in [1.82, 2.24) is 10.6 Å². The molecule has 0 spiro atoms. The van der Waals surface area contributed by atoms with Crippen molar-refractivity contribution >= 4 is 50.0 Å². The number of hydrogen-bond donors (Lipinski definition) is 4. The molecule has 0 aliphatic rings. The summed E-state index contributed by atoms with van der Waals surface area (Å²) in [6.07, 6.45) is 2.60. The number of hydrogen-bond acceptors (Lipinski definition) is 11. The van der Waals surface area contributed by atoms with E-state index in [1.807, 2.05) is 0 Å². The highest BCUT2D eigenvalue weighted by Crippen LogP contribution is 2.46. The lowest BCUT2D eigenvalue weighted by atomic mass is 9.94. The molecule has 50 heavy (non-hydrogen) atoms. The SMILES string of the molecule is COc1c(C(=O)c2cc(Oc3ccccc3)c(NS(C)(=O)=O)c(CNC=O)c2OC)cc(Oc2ccccc2)c(NS(C)(=O)=O)c1CNC=O. The molecule has 0 fully saturated rings. The molecule has 4 rings (SSSR count). The Morgan fingerprint density at radius 3 is 1.30 bits per heavy atom. The molecule has 0 unspecified atom stereocenters. The fourth-order valence-electron chi connectivity index (χ4n) is 4.95. The molecule has 0 aliphatic carbocycles. The number of para-hydroxylation sites is 2. The van der Waals surface area contributed by atoms with E-state index in [0.29, 0.717) is 12.8 Å². The third-order valence-electron chi connectivity index (χ3n) is 6.82. The Balaban J connectivity index is 2.08. The van der Waals surface area contributed by atoms with Gasteiger partial charge in [0.05, 0.1) is 49.2 Å². The Morgan fingerprint density at radius 1 is 0.640 bits per heavy atom. The maximum atomic E-state index is 14.7. The van der Waals surface area contributed by atoms with Crippen molar-refractivity contribution in [2.45, 2.75) is 13.1 Å². The molecule has 0 atom stereocenters. The summed E-state index contributed by atoms with van der Waals surface area (Å²) in [5.41, 5.74) is -0.463. The van der Waals surface area contributed by atoms with Gasteiger partial charge in [0.2, 0.25) is 38.7 Å². The summed E-state index contributed by atoms with van der Waals surface area (Å²) in [5.74, 6) is -0.694. The third kappa shape index (κ3) is 9.20. The van der Waals surface area contributed by atoms with Gasteiger partial charge in [-0.05, 0) is 36.4 Å². The van der Waals surface area contributed by atoms with Gasteiger partial charge >= 0.3 is 0 Å². The lowest BCUT2D eigenvalue weighted by molar-refractivity contribution is -0.110. The number of ketones is 1. The Kier molecular flexibility index (Phi) is 11.9. The fraction of sp³-hybridized carbons (Fsp3) is 0.182. The second-order valence-electron chi connectivity index (χ2n) is 10.5.